The van der Waals surface area contributed by atoms with Gasteiger partial charge < -0.3 is 9.47 Å². The van der Waals surface area contributed by atoms with Gasteiger partial charge in [0.1, 0.15) is 0 Å². The van der Waals surface area contributed by atoms with Crippen molar-refractivity contribution in [3.05, 3.63) is 58.9 Å². The highest BCUT2D eigenvalue weighted by atomic mass is 35.5. The van der Waals surface area contributed by atoms with Gasteiger partial charge in [0.05, 0.1) is 6.04 Å². The van der Waals surface area contributed by atoms with Crippen LogP contribution in [0.4, 0.5) is 0 Å². The third kappa shape index (κ3) is 2.24. The summed E-state index contributed by atoms with van der Waals surface area (Å²) in [6, 6.07) is 12.1. The van der Waals surface area contributed by atoms with Crippen molar-refractivity contribution in [2.75, 3.05) is 6.54 Å². The predicted molar refractivity (Wildman–Crippen MR) is 86.8 cm³/mol. The number of benzene rings is 1. The molecule has 1 aliphatic carbocycles. The fourth-order valence-corrected chi connectivity index (χ4v) is 3.74. The Morgan fingerprint density at radius 1 is 1.14 bits per heavy atom. The van der Waals surface area contributed by atoms with E-state index in [1.54, 1.807) is 0 Å². The summed E-state index contributed by atoms with van der Waals surface area (Å²) in [5, 5.41) is 0.720. The molecule has 1 aromatic heterocycles. The molecule has 0 spiro atoms. The Hall–Kier alpha value is -1.74. The molecule has 4 heteroatoms. The van der Waals surface area contributed by atoms with E-state index in [0.29, 0.717) is 5.91 Å². The van der Waals surface area contributed by atoms with Crippen LogP contribution in [0.2, 0.25) is 5.02 Å². The second-order valence-electron chi connectivity index (χ2n) is 6.24. The molecule has 0 saturated heterocycles. The molecule has 1 saturated carbocycles. The molecule has 1 atom stereocenters. The largest absolute Gasteiger partial charge is 0.348 e. The minimum absolute atomic E-state index is 0.0180. The first-order valence-corrected chi connectivity index (χ1v) is 8.33. The van der Waals surface area contributed by atoms with Crippen LogP contribution in [0, 0.1) is 5.92 Å². The first kappa shape index (κ1) is 13.9. The Balaban J connectivity index is 1.76. The Morgan fingerprint density at radius 2 is 2.00 bits per heavy atom. The number of carbonyl (C=O) groups excluding carboxylic acids is 1. The Labute approximate surface area is 135 Å². The highest BCUT2D eigenvalue weighted by Crippen LogP contribution is 2.37. The molecule has 0 unspecified atom stereocenters. The van der Waals surface area contributed by atoms with Crippen LogP contribution in [-0.4, -0.2) is 21.9 Å². The maximum atomic E-state index is 12.9. The van der Waals surface area contributed by atoms with E-state index in [1.807, 2.05) is 18.2 Å². The third-order valence-corrected chi connectivity index (χ3v) is 5.18. The van der Waals surface area contributed by atoms with Crippen LogP contribution < -0.4 is 0 Å². The van der Waals surface area contributed by atoms with Gasteiger partial charge in [-0.1, -0.05) is 30.2 Å². The molecule has 2 heterocycles. The van der Waals surface area contributed by atoms with Gasteiger partial charge in [-0.05, 0) is 42.7 Å². The lowest BCUT2D eigenvalue weighted by Gasteiger charge is -2.41. The van der Waals surface area contributed by atoms with Gasteiger partial charge in [-0.3, -0.25) is 4.79 Å². The van der Waals surface area contributed by atoms with Gasteiger partial charge in [0, 0.05) is 35.9 Å². The van der Waals surface area contributed by atoms with Crippen molar-refractivity contribution in [2.24, 2.45) is 5.92 Å². The van der Waals surface area contributed by atoms with E-state index in [2.05, 4.69) is 33.9 Å². The zero-order valence-electron chi connectivity index (χ0n) is 12.4. The van der Waals surface area contributed by atoms with Crippen LogP contribution in [-0.2, 0) is 11.3 Å². The number of fused-ring (bicyclic) bond motifs is 1. The molecule has 2 aliphatic rings. The van der Waals surface area contributed by atoms with Crippen LogP contribution in [0.3, 0.4) is 0 Å². The maximum Gasteiger partial charge on any atom is 0.226 e. The summed E-state index contributed by atoms with van der Waals surface area (Å²) in [5.41, 5.74) is 2.28. The average Bonchev–Trinajstić information content (AvgIpc) is 2.92. The van der Waals surface area contributed by atoms with Gasteiger partial charge in [-0.25, -0.2) is 0 Å². The first-order valence-electron chi connectivity index (χ1n) is 7.95. The van der Waals surface area contributed by atoms with Crippen molar-refractivity contribution in [1.29, 1.82) is 0 Å². The summed E-state index contributed by atoms with van der Waals surface area (Å²) in [6.07, 6.45) is 5.36. The maximum absolute atomic E-state index is 12.9. The van der Waals surface area contributed by atoms with Crippen molar-refractivity contribution in [3.8, 4) is 0 Å². The standard InChI is InChI=1S/C18H19ClN2O/c19-15-7-2-6-14(12-15)17-16-8-3-9-20(16)10-11-21(17)18(22)13-4-1-5-13/h2-3,6-9,12-13,17H,1,4-5,10-11H2/t17-/m1/s1. The highest BCUT2D eigenvalue weighted by Gasteiger charge is 2.37. The van der Waals surface area contributed by atoms with Crippen molar-refractivity contribution in [2.45, 2.75) is 31.8 Å². The van der Waals surface area contributed by atoms with Crippen LogP contribution in [0.5, 0.6) is 0 Å². The summed E-state index contributed by atoms with van der Waals surface area (Å²) < 4.78 is 2.25. The molecule has 1 fully saturated rings. The topological polar surface area (TPSA) is 25.2 Å². The molecule has 4 rings (SSSR count). The summed E-state index contributed by atoms with van der Waals surface area (Å²) in [7, 11) is 0. The lowest BCUT2D eigenvalue weighted by atomic mass is 9.83. The average molecular weight is 315 g/mol. The number of rotatable bonds is 2. The second-order valence-corrected chi connectivity index (χ2v) is 6.68. The van der Waals surface area contributed by atoms with Gasteiger partial charge in [0.25, 0.3) is 0 Å². The number of aromatic nitrogens is 1. The Bertz CT molecular complexity index is 705. The smallest absolute Gasteiger partial charge is 0.226 e. The van der Waals surface area contributed by atoms with Crippen LogP contribution in [0.15, 0.2) is 42.6 Å². The minimum atomic E-state index is -0.0180. The van der Waals surface area contributed by atoms with Gasteiger partial charge in [-0.15, -0.1) is 0 Å². The van der Waals surface area contributed by atoms with E-state index >= 15 is 0 Å². The van der Waals surface area contributed by atoms with Crippen LogP contribution in [0.1, 0.15) is 36.6 Å². The normalized spacial score (nSPS) is 21.3. The molecule has 114 valence electrons. The van der Waals surface area contributed by atoms with Gasteiger partial charge in [0.2, 0.25) is 5.91 Å². The van der Waals surface area contributed by atoms with Crippen molar-refractivity contribution >= 4 is 17.5 Å². The van der Waals surface area contributed by atoms with E-state index in [4.69, 9.17) is 11.6 Å². The summed E-state index contributed by atoms with van der Waals surface area (Å²) >= 11 is 6.18. The number of carbonyl (C=O) groups is 1. The number of hydrogen-bond donors (Lipinski definition) is 0. The van der Waals surface area contributed by atoms with E-state index in [-0.39, 0.29) is 12.0 Å². The zero-order valence-corrected chi connectivity index (χ0v) is 13.2. The molecular formula is C18H19ClN2O. The van der Waals surface area contributed by atoms with Gasteiger partial charge in [-0.2, -0.15) is 0 Å². The first-order chi connectivity index (χ1) is 10.7. The van der Waals surface area contributed by atoms with E-state index < -0.39 is 0 Å². The molecule has 1 aliphatic heterocycles. The van der Waals surface area contributed by atoms with Crippen molar-refractivity contribution < 1.29 is 4.79 Å². The molecule has 1 amide bonds. The Morgan fingerprint density at radius 3 is 2.73 bits per heavy atom. The molecular weight excluding hydrogens is 296 g/mol. The van der Waals surface area contributed by atoms with Crippen molar-refractivity contribution in [3.63, 3.8) is 0 Å². The fraction of sp³-hybridized carbons (Fsp3) is 0.389. The number of amides is 1. The summed E-state index contributed by atoms with van der Waals surface area (Å²) in [6.45, 7) is 1.64. The highest BCUT2D eigenvalue weighted by molar-refractivity contribution is 6.30. The monoisotopic (exact) mass is 314 g/mol. The van der Waals surface area contributed by atoms with Gasteiger partial charge in [0.15, 0.2) is 0 Å². The quantitative estimate of drug-likeness (QED) is 0.826. The molecule has 22 heavy (non-hydrogen) atoms. The minimum Gasteiger partial charge on any atom is -0.348 e. The van der Waals surface area contributed by atoms with Crippen LogP contribution >= 0.6 is 11.6 Å². The molecule has 0 radical (unpaired) electrons. The Kier molecular flexibility index (Phi) is 3.45. The molecule has 2 aromatic rings. The predicted octanol–water partition coefficient (Wildman–Crippen LogP) is 3.87. The molecule has 3 nitrogen and oxygen atoms in total. The molecule has 0 N–H and O–H groups in total. The second kappa shape index (κ2) is 5.47. The van der Waals surface area contributed by atoms with Crippen LogP contribution in [0.25, 0.3) is 0 Å². The third-order valence-electron chi connectivity index (χ3n) is 4.94. The fourth-order valence-electron chi connectivity index (χ4n) is 3.54. The lowest BCUT2D eigenvalue weighted by Crippen LogP contribution is -2.46. The van der Waals surface area contributed by atoms with Gasteiger partial charge >= 0.3 is 0 Å². The van der Waals surface area contributed by atoms with E-state index in [1.165, 1.54) is 12.1 Å². The summed E-state index contributed by atoms with van der Waals surface area (Å²) in [4.78, 5) is 14.9. The molecule has 1 aromatic carbocycles. The zero-order chi connectivity index (χ0) is 15.1. The van der Waals surface area contributed by atoms with E-state index in [0.717, 1.165) is 36.5 Å². The van der Waals surface area contributed by atoms with E-state index in [9.17, 15) is 4.79 Å². The number of halogens is 1. The number of nitrogens with zero attached hydrogens (tertiary/aromatic N) is 2. The lowest BCUT2D eigenvalue weighted by molar-refractivity contribution is -0.141. The number of hydrogen-bond acceptors (Lipinski definition) is 1. The molecule has 0 bridgehead atoms. The summed E-state index contributed by atoms with van der Waals surface area (Å²) in [5.74, 6) is 0.534. The SMILES string of the molecule is O=C(C1CCC1)N1CCn2cccc2[C@H]1c1cccc(Cl)c1. The van der Waals surface area contributed by atoms with Crippen molar-refractivity contribution in [1.82, 2.24) is 9.47 Å².